The van der Waals surface area contributed by atoms with Crippen molar-refractivity contribution >= 4 is 13.6 Å². The minimum atomic E-state index is -3.33. The lowest BCUT2D eigenvalue weighted by atomic mass is 10.1. The summed E-state index contributed by atoms with van der Waals surface area (Å²) in [6.45, 7) is 4.39. The fourth-order valence-electron chi connectivity index (χ4n) is 3.03. The minimum Gasteiger partial charge on any atom is -0.480 e. The third-order valence-corrected chi connectivity index (χ3v) is 6.57. The number of carboxylic acids is 1. The van der Waals surface area contributed by atoms with Crippen molar-refractivity contribution in [1.29, 1.82) is 0 Å². The van der Waals surface area contributed by atoms with E-state index in [1.54, 1.807) is 0 Å². The number of nitrogens with two attached hydrogens (primary N) is 1. The SMILES string of the molecule is CCCCCCCCCCCCOP(=O)(O)CCCCCCCC.N[C@@H](CO)C(=O)O. The summed E-state index contributed by atoms with van der Waals surface area (Å²) in [6, 6.07) is -1.13. The molecule has 0 aromatic rings. The molecule has 0 radical (unpaired) electrons. The predicted molar refractivity (Wildman–Crippen MR) is 129 cm³/mol. The molecule has 0 aliphatic heterocycles. The summed E-state index contributed by atoms with van der Waals surface area (Å²) in [5.41, 5.74) is 4.77. The van der Waals surface area contributed by atoms with Crippen molar-refractivity contribution < 1.29 is 29.0 Å². The molecule has 7 nitrogen and oxygen atoms in total. The van der Waals surface area contributed by atoms with Crippen LogP contribution in [0, 0.1) is 0 Å². The quantitative estimate of drug-likeness (QED) is 0.123. The first kappa shape index (κ1) is 32.7. The van der Waals surface area contributed by atoms with Crippen LogP contribution >= 0.6 is 7.60 Å². The average molecular weight is 468 g/mol. The fraction of sp³-hybridized carbons (Fsp3) is 0.957. The van der Waals surface area contributed by atoms with Crippen LogP contribution < -0.4 is 5.73 Å². The normalized spacial score (nSPS) is 13.8. The predicted octanol–water partition coefficient (Wildman–Crippen LogP) is 5.86. The Morgan fingerprint density at radius 1 is 0.806 bits per heavy atom. The average Bonchev–Trinajstić information content (AvgIpc) is 2.74. The van der Waals surface area contributed by atoms with Crippen molar-refractivity contribution in [2.24, 2.45) is 5.73 Å². The molecule has 188 valence electrons. The van der Waals surface area contributed by atoms with E-state index in [4.69, 9.17) is 20.5 Å². The molecule has 0 saturated heterocycles. The van der Waals surface area contributed by atoms with Crippen LogP contribution in [0.4, 0.5) is 0 Å². The maximum Gasteiger partial charge on any atom is 0.328 e. The molecule has 0 fully saturated rings. The van der Waals surface area contributed by atoms with Gasteiger partial charge < -0.3 is 25.4 Å². The van der Waals surface area contributed by atoms with Gasteiger partial charge in [-0.2, -0.15) is 0 Å². The van der Waals surface area contributed by atoms with Gasteiger partial charge in [-0.1, -0.05) is 104 Å². The number of carbonyl (C=O) groups is 1. The lowest BCUT2D eigenvalue weighted by Gasteiger charge is -2.12. The van der Waals surface area contributed by atoms with Gasteiger partial charge >= 0.3 is 13.6 Å². The van der Waals surface area contributed by atoms with E-state index in [1.165, 1.54) is 77.0 Å². The van der Waals surface area contributed by atoms with Gasteiger partial charge in [0.25, 0.3) is 0 Å². The molecule has 2 atom stereocenters. The highest BCUT2D eigenvalue weighted by molar-refractivity contribution is 7.52. The Labute approximate surface area is 190 Å². The summed E-state index contributed by atoms with van der Waals surface area (Å²) < 4.78 is 17.1. The van der Waals surface area contributed by atoms with Crippen molar-refractivity contribution in [2.45, 2.75) is 123 Å². The fourth-order valence-corrected chi connectivity index (χ4v) is 4.20. The molecule has 0 bridgehead atoms. The highest BCUT2D eigenvalue weighted by atomic mass is 31.2. The van der Waals surface area contributed by atoms with Crippen LogP contribution in [-0.2, 0) is 13.9 Å². The molecule has 0 spiro atoms. The molecule has 0 aromatic carbocycles. The van der Waals surface area contributed by atoms with E-state index >= 15 is 0 Å². The van der Waals surface area contributed by atoms with E-state index < -0.39 is 26.2 Å². The zero-order chi connectivity index (χ0) is 23.8. The third kappa shape index (κ3) is 27.5. The topological polar surface area (TPSA) is 130 Å². The van der Waals surface area contributed by atoms with Gasteiger partial charge in [0.2, 0.25) is 0 Å². The molecule has 0 rings (SSSR count). The molecule has 0 aliphatic carbocycles. The van der Waals surface area contributed by atoms with Crippen molar-refractivity contribution in [3.8, 4) is 0 Å². The standard InChI is InChI=1S/C20H43O3P.C3H7NO3/c1-3-5-7-9-11-12-13-14-15-17-19-23-24(21,22)20-18-16-10-8-6-4-2;4-2(1-5)3(6)7/h3-20H2,1-2H3,(H,21,22);2,5H,1,4H2,(H,6,7)/t;2-/m.0/s1. The molecule has 0 heterocycles. The first-order valence-electron chi connectivity index (χ1n) is 12.4. The second kappa shape index (κ2) is 24.2. The highest BCUT2D eigenvalue weighted by Gasteiger charge is 2.17. The number of hydrogen-bond donors (Lipinski definition) is 4. The molecule has 0 aliphatic rings. The van der Waals surface area contributed by atoms with E-state index in [9.17, 15) is 14.3 Å². The molecule has 0 saturated carbocycles. The maximum absolute atomic E-state index is 11.9. The Bertz CT molecular complexity index is 436. The number of aliphatic hydroxyl groups excluding tert-OH is 1. The largest absolute Gasteiger partial charge is 0.480 e. The Balaban J connectivity index is 0. The van der Waals surface area contributed by atoms with Crippen LogP contribution in [0.2, 0.25) is 0 Å². The van der Waals surface area contributed by atoms with Crippen LogP contribution in [0.3, 0.4) is 0 Å². The van der Waals surface area contributed by atoms with E-state index in [0.717, 1.165) is 25.7 Å². The zero-order valence-electron chi connectivity index (χ0n) is 20.1. The monoisotopic (exact) mass is 467 g/mol. The summed E-state index contributed by atoms with van der Waals surface area (Å²) in [5.74, 6) is -1.18. The summed E-state index contributed by atoms with van der Waals surface area (Å²) in [5, 5.41) is 15.9. The number of aliphatic hydroxyl groups is 1. The molecule has 0 amide bonds. The summed E-state index contributed by atoms with van der Waals surface area (Å²) in [7, 11) is -3.33. The van der Waals surface area contributed by atoms with Gasteiger partial charge in [-0.05, 0) is 12.8 Å². The number of hydrogen-bond acceptors (Lipinski definition) is 5. The molecule has 1 unspecified atom stereocenters. The first-order chi connectivity index (χ1) is 14.8. The summed E-state index contributed by atoms with van der Waals surface area (Å²) in [4.78, 5) is 19.4. The van der Waals surface area contributed by atoms with E-state index in [0.29, 0.717) is 12.8 Å². The smallest absolute Gasteiger partial charge is 0.328 e. The van der Waals surface area contributed by atoms with Gasteiger partial charge in [-0.3, -0.25) is 9.36 Å². The summed E-state index contributed by atoms with van der Waals surface area (Å²) >= 11 is 0. The zero-order valence-corrected chi connectivity index (χ0v) is 21.0. The van der Waals surface area contributed by atoms with E-state index in [1.807, 2.05) is 0 Å². The Kier molecular flexibility index (Phi) is 25.5. The van der Waals surface area contributed by atoms with Crippen LogP contribution in [0.25, 0.3) is 0 Å². The molecule has 31 heavy (non-hydrogen) atoms. The Hall–Kier alpha value is -0.460. The second-order valence-electron chi connectivity index (χ2n) is 8.27. The van der Waals surface area contributed by atoms with Gasteiger partial charge in [0.05, 0.1) is 13.2 Å². The highest BCUT2D eigenvalue weighted by Crippen LogP contribution is 2.43. The minimum absolute atomic E-state index is 0.330. The van der Waals surface area contributed by atoms with Gasteiger partial charge in [-0.15, -0.1) is 0 Å². The van der Waals surface area contributed by atoms with Crippen molar-refractivity contribution in [2.75, 3.05) is 19.4 Å². The van der Waals surface area contributed by atoms with Gasteiger partial charge in [-0.25, -0.2) is 0 Å². The number of unbranched alkanes of at least 4 members (excludes halogenated alkanes) is 14. The lowest BCUT2D eigenvalue weighted by Crippen LogP contribution is -2.33. The number of carboxylic acid groups (broad SMARTS) is 1. The molecule has 0 aromatic heterocycles. The second-order valence-corrected chi connectivity index (χ2v) is 10.3. The van der Waals surface area contributed by atoms with Crippen molar-refractivity contribution in [3.63, 3.8) is 0 Å². The van der Waals surface area contributed by atoms with Crippen LogP contribution in [0.15, 0.2) is 0 Å². The van der Waals surface area contributed by atoms with Gasteiger partial charge in [0.1, 0.15) is 6.04 Å². The molecule has 5 N–H and O–H groups in total. The Morgan fingerprint density at radius 2 is 1.19 bits per heavy atom. The third-order valence-electron chi connectivity index (χ3n) is 5.10. The first-order valence-corrected chi connectivity index (χ1v) is 14.1. The van der Waals surface area contributed by atoms with Gasteiger partial charge in [0.15, 0.2) is 0 Å². The molecular formula is C23H50NO6P. The molecular weight excluding hydrogens is 417 g/mol. The van der Waals surface area contributed by atoms with Crippen molar-refractivity contribution in [1.82, 2.24) is 0 Å². The van der Waals surface area contributed by atoms with Crippen LogP contribution in [-0.4, -0.2) is 46.5 Å². The number of aliphatic carboxylic acids is 1. The Morgan fingerprint density at radius 3 is 1.55 bits per heavy atom. The van der Waals surface area contributed by atoms with Crippen LogP contribution in [0.1, 0.15) is 117 Å². The maximum atomic E-state index is 11.9. The van der Waals surface area contributed by atoms with Gasteiger partial charge in [0, 0.05) is 6.16 Å². The lowest BCUT2D eigenvalue weighted by molar-refractivity contribution is -0.139. The van der Waals surface area contributed by atoms with E-state index in [2.05, 4.69) is 13.8 Å². The van der Waals surface area contributed by atoms with E-state index in [-0.39, 0.29) is 0 Å². The summed E-state index contributed by atoms with van der Waals surface area (Å²) in [6.07, 6.45) is 19.8. The molecule has 8 heteroatoms. The van der Waals surface area contributed by atoms with Crippen LogP contribution in [0.5, 0.6) is 0 Å². The number of rotatable bonds is 21. The van der Waals surface area contributed by atoms with Crippen molar-refractivity contribution in [3.05, 3.63) is 0 Å².